The van der Waals surface area contributed by atoms with E-state index in [0.717, 1.165) is 24.2 Å². The van der Waals surface area contributed by atoms with E-state index in [9.17, 15) is 9.59 Å². The Morgan fingerprint density at radius 3 is 2.24 bits per heavy atom. The van der Waals surface area contributed by atoms with Crippen LogP contribution in [0.5, 0.6) is 5.75 Å². The molecule has 0 radical (unpaired) electrons. The fourth-order valence-electron chi connectivity index (χ4n) is 3.90. The van der Waals surface area contributed by atoms with Crippen molar-refractivity contribution in [2.75, 3.05) is 45.2 Å². The predicted molar refractivity (Wildman–Crippen MR) is 113 cm³/mol. The molecule has 0 saturated carbocycles. The van der Waals surface area contributed by atoms with Crippen LogP contribution in [0.15, 0.2) is 54.2 Å². The van der Waals surface area contributed by atoms with Gasteiger partial charge in [-0.05, 0) is 37.2 Å². The molecule has 1 saturated heterocycles. The Kier molecular flexibility index (Phi) is 5.11. The summed E-state index contributed by atoms with van der Waals surface area (Å²) in [7, 11) is 3.61. The monoisotopic (exact) mass is 391 g/mol. The van der Waals surface area contributed by atoms with E-state index in [1.165, 1.54) is 4.90 Å². The van der Waals surface area contributed by atoms with Gasteiger partial charge in [-0.25, -0.2) is 4.90 Å². The van der Waals surface area contributed by atoms with Crippen molar-refractivity contribution in [1.82, 2.24) is 9.80 Å². The number of hydrogen-bond acceptors (Lipinski definition) is 5. The highest BCUT2D eigenvalue weighted by Crippen LogP contribution is 2.39. The van der Waals surface area contributed by atoms with Gasteiger partial charge in [-0.2, -0.15) is 0 Å². The Balaban J connectivity index is 1.83. The lowest BCUT2D eigenvalue weighted by molar-refractivity contribution is -0.120. The summed E-state index contributed by atoms with van der Waals surface area (Å²) in [6.45, 7) is 5.04. The molecule has 6 heteroatoms. The lowest BCUT2D eigenvalue weighted by Crippen LogP contribution is -2.46. The number of aryl methyl sites for hydroxylation is 1. The van der Waals surface area contributed by atoms with Gasteiger partial charge in [-0.15, -0.1) is 0 Å². The molecule has 6 nitrogen and oxygen atoms in total. The lowest BCUT2D eigenvalue weighted by atomic mass is 10.0. The molecule has 1 fully saturated rings. The fourth-order valence-corrected chi connectivity index (χ4v) is 3.90. The number of hydrogen-bond donors (Lipinski definition) is 0. The van der Waals surface area contributed by atoms with Gasteiger partial charge in [0, 0.05) is 26.2 Å². The van der Waals surface area contributed by atoms with Gasteiger partial charge in [0.1, 0.15) is 11.4 Å². The number of anilines is 1. The van der Waals surface area contributed by atoms with E-state index >= 15 is 0 Å². The van der Waals surface area contributed by atoms with E-state index in [0.29, 0.717) is 35.8 Å². The summed E-state index contributed by atoms with van der Waals surface area (Å²) >= 11 is 0. The van der Waals surface area contributed by atoms with Gasteiger partial charge >= 0.3 is 0 Å². The van der Waals surface area contributed by atoms with Crippen molar-refractivity contribution in [1.29, 1.82) is 0 Å². The molecule has 2 heterocycles. The molecule has 0 aliphatic carbocycles. The molecule has 2 aromatic rings. The molecule has 0 atom stereocenters. The van der Waals surface area contributed by atoms with Crippen LogP contribution in [0, 0.1) is 6.92 Å². The number of carbonyl (C=O) groups is 2. The highest BCUT2D eigenvalue weighted by molar-refractivity contribution is 6.45. The van der Waals surface area contributed by atoms with Crippen LogP contribution in [0.25, 0.3) is 5.57 Å². The van der Waals surface area contributed by atoms with Crippen LogP contribution >= 0.6 is 0 Å². The summed E-state index contributed by atoms with van der Waals surface area (Å²) in [5.74, 6) is -0.0920. The molecule has 0 unspecified atom stereocenters. The second-order valence-corrected chi connectivity index (χ2v) is 7.50. The largest absolute Gasteiger partial charge is 0.495 e. The second kappa shape index (κ2) is 7.72. The summed E-state index contributed by atoms with van der Waals surface area (Å²) in [6.07, 6.45) is 0. The van der Waals surface area contributed by atoms with Crippen LogP contribution in [0.1, 0.15) is 11.1 Å². The first kappa shape index (κ1) is 19.2. The number of rotatable bonds is 4. The van der Waals surface area contributed by atoms with E-state index in [1.54, 1.807) is 13.2 Å². The molecule has 2 amide bonds. The molecule has 29 heavy (non-hydrogen) atoms. The van der Waals surface area contributed by atoms with Crippen LogP contribution in [-0.2, 0) is 9.59 Å². The molecule has 150 valence electrons. The van der Waals surface area contributed by atoms with E-state index in [1.807, 2.05) is 54.3 Å². The maximum Gasteiger partial charge on any atom is 0.282 e. The first-order chi connectivity index (χ1) is 14.0. The van der Waals surface area contributed by atoms with Crippen LogP contribution in [-0.4, -0.2) is 62.0 Å². The van der Waals surface area contributed by atoms with E-state index in [2.05, 4.69) is 11.9 Å². The van der Waals surface area contributed by atoms with Gasteiger partial charge in [-0.3, -0.25) is 9.59 Å². The minimum absolute atomic E-state index is 0.290. The number of methoxy groups -OCH3 is 1. The molecule has 0 spiro atoms. The molecule has 4 rings (SSSR count). The highest BCUT2D eigenvalue weighted by Gasteiger charge is 2.43. The summed E-state index contributed by atoms with van der Waals surface area (Å²) in [5.41, 5.74) is 3.14. The zero-order valence-corrected chi connectivity index (χ0v) is 17.0. The highest BCUT2D eigenvalue weighted by atomic mass is 16.5. The second-order valence-electron chi connectivity index (χ2n) is 7.50. The van der Waals surface area contributed by atoms with E-state index in [-0.39, 0.29) is 11.8 Å². The molecular weight excluding hydrogens is 366 g/mol. The first-order valence-corrected chi connectivity index (χ1v) is 9.78. The number of ether oxygens (including phenoxy) is 1. The first-order valence-electron chi connectivity index (χ1n) is 9.78. The Labute approximate surface area is 171 Å². The standard InChI is InChI=1S/C23H25N3O3/c1-16-9-10-19(29-3)18(15-16)26-22(27)20(17-7-5-4-6-8-17)21(23(26)28)25-13-11-24(2)12-14-25/h4-10,15H,11-14H2,1-3H3. The number of amides is 2. The van der Waals surface area contributed by atoms with Gasteiger partial charge in [0.05, 0.1) is 18.4 Å². The fraction of sp³-hybridized carbons (Fsp3) is 0.304. The van der Waals surface area contributed by atoms with E-state index in [4.69, 9.17) is 4.74 Å². The third-order valence-electron chi connectivity index (χ3n) is 5.52. The predicted octanol–water partition coefficient (Wildman–Crippen LogP) is 2.54. The molecule has 0 N–H and O–H groups in total. The SMILES string of the molecule is COc1ccc(C)cc1N1C(=O)C(c2ccccc2)=C(N2CCN(C)CC2)C1=O. The third-order valence-corrected chi connectivity index (χ3v) is 5.52. The molecule has 2 aliphatic rings. The number of benzene rings is 2. The van der Waals surface area contributed by atoms with Crippen LogP contribution in [0.2, 0.25) is 0 Å². The average molecular weight is 391 g/mol. The van der Waals surface area contributed by atoms with Crippen LogP contribution in [0.4, 0.5) is 5.69 Å². The van der Waals surface area contributed by atoms with Crippen molar-refractivity contribution in [3.8, 4) is 5.75 Å². The number of carbonyl (C=O) groups excluding carboxylic acids is 2. The minimum atomic E-state index is -0.306. The molecular formula is C23H25N3O3. The summed E-state index contributed by atoms with van der Waals surface area (Å²) in [4.78, 5) is 32.7. The number of nitrogens with zero attached hydrogens (tertiary/aromatic N) is 3. The summed E-state index contributed by atoms with van der Waals surface area (Å²) < 4.78 is 5.46. The lowest BCUT2D eigenvalue weighted by Gasteiger charge is -2.34. The summed E-state index contributed by atoms with van der Waals surface area (Å²) in [5, 5.41) is 0. The van der Waals surface area contributed by atoms with Crippen molar-refractivity contribution in [2.24, 2.45) is 0 Å². The van der Waals surface area contributed by atoms with Gasteiger partial charge < -0.3 is 14.5 Å². The van der Waals surface area contributed by atoms with Gasteiger partial charge in [0.25, 0.3) is 11.8 Å². The summed E-state index contributed by atoms with van der Waals surface area (Å²) in [6, 6.07) is 15.0. The van der Waals surface area contributed by atoms with E-state index < -0.39 is 0 Å². The van der Waals surface area contributed by atoms with Crippen LogP contribution in [0.3, 0.4) is 0 Å². The van der Waals surface area contributed by atoms with Gasteiger partial charge in [0.2, 0.25) is 0 Å². The van der Waals surface area contributed by atoms with Crippen LogP contribution < -0.4 is 9.64 Å². The van der Waals surface area contributed by atoms with Crippen molar-refractivity contribution in [2.45, 2.75) is 6.92 Å². The average Bonchev–Trinajstić information content (AvgIpc) is 2.99. The van der Waals surface area contributed by atoms with Gasteiger partial charge in [0.15, 0.2) is 0 Å². The molecule has 0 bridgehead atoms. The molecule has 2 aliphatic heterocycles. The van der Waals surface area contributed by atoms with Crippen molar-refractivity contribution in [3.63, 3.8) is 0 Å². The number of likely N-dealkylation sites (N-methyl/N-ethyl adjacent to an activating group) is 1. The normalized spacial score (nSPS) is 18.0. The third kappa shape index (κ3) is 3.40. The topological polar surface area (TPSA) is 53.1 Å². The zero-order valence-electron chi connectivity index (χ0n) is 17.0. The van der Waals surface area contributed by atoms with Crippen molar-refractivity contribution >= 4 is 23.1 Å². The van der Waals surface area contributed by atoms with Crippen molar-refractivity contribution in [3.05, 3.63) is 65.4 Å². The number of piperazine rings is 1. The Morgan fingerprint density at radius 2 is 1.59 bits per heavy atom. The van der Waals surface area contributed by atoms with Gasteiger partial charge in [-0.1, -0.05) is 36.4 Å². The minimum Gasteiger partial charge on any atom is -0.495 e. The van der Waals surface area contributed by atoms with Crippen molar-refractivity contribution < 1.29 is 14.3 Å². The number of imide groups is 1. The Hall–Kier alpha value is -3.12. The molecule has 2 aromatic carbocycles. The zero-order chi connectivity index (χ0) is 20.5. The maximum atomic E-state index is 13.6. The Bertz CT molecular complexity index is 976. The maximum absolute atomic E-state index is 13.6. The molecule has 0 aromatic heterocycles. The quantitative estimate of drug-likeness (QED) is 0.750. The smallest absolute Gasteiger partial charge is 0.282 e. The Morgan fingerprint density at radius 1 is 0.897 bits per heavy atom.